The lowest BCUT2D eigenvalue weighted by Gasteiger charge is -2.40. The van der Waals surface area contributed by atoms with Gasteiger partial charge in [-0.2, -0.15) is 57.1 Å². The fourth-order valence-corrected chi connectivity index (χ4v) is 1.94. The number of carbonyl (C=O) groups excluding carboxylic acids is 1. The fourth-order valence-electron chi connectivity index (χ4n) is 1.94. The van der Waals surface area contributed by atoms with Crippen LogP contribution in [-0.4, -0.2) is 53.0 Å². The summed E-state index contributed by atoms with van der Waals surface area (Å²) in [6.07, 6.45) is -11.2. The molecule has 0 fully saturated rings. The maximum atomic E-state index is 13.8. The molecule has 0 radical (unpaired) electrons. The molecular formula is C15H9F13O3. The molecule has 1 rings (SSSR count). The van der Waals surface area contributed by atoms with Gasteiger partial charge in [0, 0.05) is 0 Å². The van der Waals surface area contributed by atoms with E-state index in [0.717, 1.165) is 12.1 Å². The first-order valence-electron chi connectivity index (χ1n) is 7.51. The normalized spacial score (nSPS) is 15.5. The molecule has 16 heteroatoms. The number of hydrogen-bond acceptors (Lipinski definition) is 3. The van der Waals surface area contributed by atoms with Crippen molar-refractivity contribution in [2.75, 3.05) is 0 Å². The van der Waals surface area contributed by atoms with Crippen LogP contribution in [0.3, 0.4) is 0 Å². The second kappa shape index (κ2) is 7.62. The van der Waals surface area contributed by atoms with Gasteiger partial charge >= 0.3 is 41.8 Å². The van der Waals surface area contributed by atoms with Gasteiger partial charge in [-0.1, -0.05) is 0 Å². The number of halogens is 13. The van der Waals surface area contributed by atoms with Gasteiger partial charge in [0.25, 0.3) is 0 Å². The molecule has 0 aliphatic rings. The van der Waals surface area contributed by atoms with Crippen molar-refractivity contribution in [2.24, 2.45) is 0 Å². The highest BCUT2D eigenvalue weighted by Gasteiger charge is 2.91. The number of phenolic OH excluding ortho intramolecular Hbond substituents is 1. The van der Waals surface area contributed by atoms with E-state index in [2.05, 4.69) is 4.74 Å². The molecule has 0 heterocycles. The number of carbonyl (C=O) groups is 1. The summed E-state index contributed by atoms with van der Waals surface area (Å²) in [6.45, 7) is -0.220. The van der Waals surface area contributed by atoms with Crippen LogP contribution >= 0.6 is 0 Å². The molecule has 1 aromatic rings. The van der Waals surface area contributed by atoms with Crippen LogP contribution in [0.15, 0.2) is 24.3 Å². The van der Waals surface area contributed by atoms with Gasteiger partial charge in [-0.3, -0.25) is 0 Å². The van der Waals surface area contributed by atoms with Gasteiger partial charge in [-0.05, 0) is 31.2 Å². The summed E-state index contributed by atoms with van der Waals surface area (Å²) in [4.78, 5) is 11.6. The third-order valence-corrected chi connectivity index (χ3v) is 3.86. The van der Waals surface area contributed by atoms with E-state index in [1.54, 1.807) is 0 Å². The highest BCUT2D eigenvalue weighted by Crippen LogP contribution is 2.60. The Morgan fingerprint density at radius 1 is 0.742 bits per heavy atom. The van der Waals surface area contributed by atoms with Gasteiger partial charge in [0.2, 0.25) is 0 Å². The second-order valence-corrected chi connectivity index (χ2v) is 6.01. The molecule has 3 nitrogen and oxygen atoms in total. The molecule has 0 amide bonds. The van der Waals surface area contributed by atoms with Crippen molar-refractivity contribution in [3.05, 3.63) is 29.8 Å². The monoisotopic (exact) mass is 484 g/mol. The number of rotatable bonds is 7. The van der Waals surface area contributed by atoms with Gasteiger partial charge in [0.15, 0.2) is 6.10 Å². The standard InChI is InChI=1S/C15H9F13O3/c1-6(31-9(30)7-2-4-8(29)5-3-7)10(16,17)11(18,19)12(20,21)13(22,23)14(24,25)15(26,27)28/h2-6,29H,1H3. The lowest BCUT2D eigenvalue weighted by Crippen LogP contribution is -2.71. The summed E-state index contributed by atoms with van der Waals surface area (Å²) in [5, 5.41) is 8.98. The molecular weight excluding hydrogens is 475 g/mol. The number of phenols is 1. The fraction of sp³-hybridized carbons (Fsp3) is 0.533. The first-order valence-corrected chi connectivity index (χ1v) is 7.51. The van der Waals surface area contributed by atoms with E-state index in [1.165, 1.54) is 0 Å². The Labute approximate surface area is 163 Å². The molecule has 0 spiro atoms. The number of esters is 1. The number of ether oxygens (including phenoxy) is 1. The van der Waals surface area contributed by atoms with Gasteiger partial charge in [0.1, 0.15) is 5.75 Å². The van der Waals surface area contributed by atoms with Crippen LogP contribution < -0.4 is 0 Å². The summed E-state index contributed by atoms with van der Waals surface area (Å²) in [5.74, 6) is -40.4. The summed E-state index contributed by atoms with van der Waals surface area (Å²) < 4.78 is 173. The Morgan fingerprint density at radius 3 is 1.52 bits per heavy atom. The van der Waals surface area contributed by atoms with Crippen molar-refractivity contribution >= 4 is 5.97 Å². The van der Waals surface area contributed by atoms with Crippen molar-refractivity contribution in [1.29, 1.82) is 0 Å². The van der Waals surface area contributed by atoms with E-state index in [1.807, 2.05) is 0 Å². The summed E-state index contributed by atoms with van der Waals surface area (Å²) in [6, 6.07) is 2.88. The van der Waals surface area contributed by atoms with Crippen LogP contribution in [0.5, 0.6) is 5.75 Å². The molecule has 0 aromatic heterocycles. The number of hydrogen-bond donors (Lipinski definition) is 1. The minimum atomic E-state index is -8.04. The predicted octanol–water partition coefficient (Wildman–Crippen LogP) is 5.68. The SMILES string of the molecule is CC(OC(=O)c1ccc(O)cc1)C(F)(F)C(F)(F)C(F)(F)C(F)(F)C(F)(F)C(F)(F)F. The number of aromatic hydroxyl groups is 1. The molecule has 1 N–H and O–H groups in total. The van der Waals surface area contributed by atoms with E-state index >= 15 is 0 Å². The van der Waals surface area contributed by atoms with Crippen molar-refractivity contribution in [3.8, 4) is 5.75 Å². The van der Waals surface area contributed by atoms with Crippen molar-refractivity contribution in [2.45, 2.75) is 48.8 Å². The summed E-state index contributed by atoms with van der Waals surface area (Å²) in [5.41, 5.74) is -0.732. The lowest BCUT2D eigenvalue weighted by molar-refractivity contribution is -0.443. The molecule has 0 saturated carbocycles. The van der Waals surface area contributed by atoms with Crippen molar-refractivity contribution in [3.63, 3.8) is 0 Å². The largest absolute Gasteiger partial charge is 0.508 e. The van der Waals surface area contributed by atoms with Gasteiger partial charge in [-0.15, -0.1) is 0 Å². The smallest absolute Gasteiger partial charge is 0.460 e. The Balaban J connectivity index is 3.31. The number of alkyl halides is 13. The zero-order valence-corrected chi connectivity index (χ0v) is 14.6. The molecule has 1 aromatic carbocycles. The number of benzene rings is 1. The molecule has 1 unspecified atom stereocenters. The minimum Gasteiger partial charge on any atom is -0.508 e. The molecule has 1 atom stereocenters. The van der Waals surface area contributed by atoms with Crippen LogP contribution in [0, 0.1) is 0 Å². The second-order valence-electron chi connectivity index (χ2n) is 6.01. The molecule has 31 heavy (non-hydrogen) atoms. The van der Waals surface area contributed by atoms with Crippen molar-refractivity contribution < 1.29 is 71.7 Å². The van der Waals surface area contributed by atoms with E-state index in [-0.39, 0.29) is 6.92 Å². The van der Waals surface area contributed by atoms with Crippen LogP contribution in [0.1, 0.15) is 17.3 Å². The van der Waals surface area contributed by atoms with Crippen LogP contribution in [0.4, 0.5) is 57.1 Å². The van der Waals surface area contributed by atoms with Crippen molar-refractivity contribution in [1.82, 2.24) is 0 Å². The zero-order chi connectivity index (χ0) is 24.8. The van der Waals surface area contributed by atoms with Gasteiger partial charge < -0.3 is 9.84 Å². The first-order chi connectivity index (χ1) is 13.6. The third-order valence-electron chi connectivity index (χ3n) is 3.86. The average molecular weight is 484 g/mol. The maximum Gasteiger partial charge on any atom is 0.460 e. The van der Waals surface area contributed by atoms with Crippen LogP contribution in [0.25, 0.3) is 0 Å². The Bertz CT molecular complexity index is 799. The minimum absolute atomic E-state index is 0.220. The summed E-state index contributed by atoms with van der Waals surface area (Å²) in [7, 11) is 0. The predicted molar refractivity (Wildman–Crippen MR) is 73.8 cm³/mol. The van der Waals surface area contributed by atoms with E-state index < -0.39 is 59.2 Å². The van der Waals surface area contributed by atoms with Crippen LogP contribution in [0.2, 0.25) is 0 Å². The Hall–Kier alpha value is -2.42. The zero-order valence-electron chi connectivity index (χ0n) is 14.6. The molecule has 0 bridgehead atoms. The highest BCUT2D eigenvalue weighted by atomic mass is 19.4. The highest BCUT2D eigenvalue weighted by molar-refractivity contribution is 5.89. The van der Waals surface area contributed by atoms with E-state index in [9.17, 15) is 61.9 Å². The maximum absolute atomic E-state index is 13.8. The summed E-state index contributed by atoms with van der Waals surface area (Å²) >= 11 is 0. The Kier molecular flexibility index (Phi) is 6.54. The Morgan fingerprint density at radius 2 is 1.13 bits per heavy atom. The third kappa shape index (κ3) is 4.07. The lowest BCUT2D eigenvalue weighted by atomic mass is 9.92. The molecule has 0 saturated heterocycles. The molecule has 178 valence electrons. The van der Waals surface area contributed by atoms with E-state index in [4.69, 9.17) is 5.11 Å². The quantitative estimate of drug-likeness (QED) is 0.401. The van der Waals surface area contributed by atoms with Gasteiger partial charge in [0.05, 0.1) is 5.56 Å². The first kappa shape index (κ1) is 26.6. The van der Waals surface area contributed by atoms with Gasteiger partial charge in [-0.25, -0.2) is 4.79 Å². The average Bonchev–Trinajstić information content (AvgIpc) is 2.60. The molecule has 0 aliphatic carbocycles. The topological polar surface area (TPSA) is 46.5 Å². The van der Waals surface area contributed by atoms with Crippen LogP contribution in [-0.2, 0) is 4.74 Å². The molecule has 0 aliphatic heterocycles. The van der Waals surface area contributed by atoms with E-state index in [0.29, 0.717) is 12.1 Å².